The molecule has 1 aromatic carbocycles. The van der Waals surface area contributed by atoms with Gasteiger partial charge < -0.3 is 5.73 Å². The average Bonchev–Trinajstić information content (AvgIpc) is 3.15. The molecule has 1 unspecified atom stereocenters. The number of thiophene rings is 1. The largest absolute Gasteiger partial charge is 0.323 e. The first-order valence-electron chi connectivity index (χ1n) is 7.11. The van der Waals surface area contributed by atoms with Gasteiger partial charge in [-0.05, 0) is 47.9 Å². The third-order valence-electron chi connectivity index (χ3n) is 3.92. The molecule has 1 fully saturated rings. The smallest absolute Gasteiger partial charge is 0.0418 e. The van der Waals surface area contributed by atoms with Crippen LogP contribution in [-0.4, -0.2) is 0 Å². The van der Waals surface area contributed by atoms with Gasteiger partial charge in [-0.3, -0.25) is 0 Å². The Labute approximate surface area is 119 Å². The van der Waals surface area contributed by atoms with E-state index in [1.165, 1.54) is 33.7 Å². The van der Waals surface area contributed by atoms with E-state index >= 15 is 0 Å². The minimum Gasteiger partial charge on any atom is -0.323 e. The normalized spacial score (nSPS) is 16.8. The highest BCUT2D eigenvalue weighted by atomic mass is 32.1. The van der Waals surface area contributed by atoms with Crippen molar-refractivity contribution < 1.29 is 0 Å². The number of benzene rings is 1. The molecule has 1 aliphatic rings. The van der Waals surface area contributed by atoms with Gasteiger partial charge in [0.15, 0.2) is 0 Å². The molecule has 2 aromatic rings. The number of hydrogen-bond acceptors (Lipinski definition) is 2. The topological polar surface area (TPSA) is 26.0 Å². The van der Waals surface area contributed by atoms with Crippen molar-refractivity contribution in [3.8, 4) is 10.4 Å². The van der Waals surface area contributed by atoms with Gasteiger partial charge in [-0.2, -0.15) is 0 Å². The van der Waals surface area contributed by atoms with Crippen molar-refractivity contribution in [1.82, 2.24) is 0 Å². The summed E-state index contributed by atoms with van der Waals surface area (Å²) < 4.78 is 0. The zero-order valence-electron chi connectivity index (χ0n) is 11.6. The molecular weight excluding hydrogens is 250 g/mol. The van der Waals surface area contributed by atoms with Crippen molar-refractivity contribution in [2.24, 2.45) is 11.7 Å². The Balaban J connectivity index is 1.87. The second-order valence-corrected chi connectivity index (χ2v) is 6.96. The van der Waals surface area contributed by atoms with E-state index in [0.717, 1.165) is 5.92 Å². The lowest BCUT2D eigenvalue weighted by Crippen LogP contribution is -2.10. The zero-order valence-corrected chi connectivity index (χ0v) is 12.4. The molecule has 1 aromatic heterocycles. The Morgan fingerprint density at radius 3 is 2.63 bits per heavy atom. The van der Waals surface area contributed by atoms with Gasteiger partial charge in [0.25, 0.3) is 0 Å². The van der Waals surface area contributed by atoms with E-state index in [4.69, 9.17) is 5.73 Å². The fraction of sp³-hybridized carbons (Fsp3) is 0.412. The molecule has 2 heteroatoms. The van der Waals surface area contributed by atoms with Crippen LogP contribution in [0.25, 0.3) is 10.4 Å². The van der Waals surface area contributed by atoms with E-state index < -0.39 is 0 Å². The molecule has 1 nitrogen and oxygen atoms in total. The van der Waals surface area contributed by atoms with Gasteiger partial charge in [-0.1, -0.05) is 38.1 Å². The molecule has 0 spiro atoms. The zero-order chi connectivity index (χ0) is 13.4. The van der Waals surface area contributed by atoms with Crippen LogP contribution < -0.4 is 5.73 Å². The predicted molar refractivity (Wildman–Crippen MR) is 83.5 cm³/mol. The first-order valence-corrected chi connectivity index (χ1v) is 7.92. The van der Waals surface area contributed by atoms with Crippen molar-refractivity contribution in [2.45, 2.75) is 38.6 Å². The Morgan fingerprint density at radius 2 is 1.95 bits per heavy atom. The van der Waals surface area contributed by atoms with E-state index in [0.29, 0.717) is 5.92 Å². The first kappa shape index (κ1) is 12.9. The molecule has 2 N–H and O–H groups in total. The molecule has 1 saturated carbocycles. The van der Waals surface area contributed by atoms with Crippen LogP contribution in [0.5, 0.6) is 0 Å². The van der Waals surface area contributed by atoms with Gasteiger partial charge in [-0.25, -0.2) is 0 Å². The van der Waals surface area contributed by atoms with Gasteiger partial charge in [0.05, 0.1) is 0 Å². The summed E-state index contributed by atoms with van der Waals surface area (Å²) in [5.41, 5.74) is 9.01. The van der Waals surface area contributed by atoms with Crippen molar-refractivity contribution in [2.75, 3.05) is 0 Å². The molecule has 100 valence electrons. The molecular formula is C17H21NS. The molecule has 0 bridgehead atoms. The van der Waals surface area contributed by atoms with Crippen LogP contribution in [0.1, 0.15) is 49.1 Å². The summed E-state index contributed by atoms with van der Waals surface area (Å²) in [5.74, 6) is 1.31. The molecule has 0 aliphatic heterocycles. The highest BCUT2D eigenvalue weighted by molar-refractivity contribution is 7.15. The summed E-state index contributed by atoms with van der Waals surface area (Å²) in [5, 5.41) is 0. The third kappa shape index (κ3) is 2.75. The van der Waals surface area contributed by atoms with Gasteiger partial charge >= 0.3 is 0 Å². The molecule has 0 radical (unpaired) electrons. The molecule has 0 amide bonds. The second-order valence-electron chi connectivity index (χ2n) is 5.85. The van der Waals surface area contributed by atoms with Crippen molar-refractivity contribution in [3.05, 3.63) is 46.8 Å². The molecule has 1 aliphatic carbocycles. The number of hydrogen-bond donors (Lipinski definition) is 1. The van der Waals surface area contributed by atoms with Crippen molar-refractivity contribution in [1.29, 1.82) is 0 Å². The van der Waals surface area contributed by atoms with Gasteiger partial charge in [-0.15, -0.1) is 11.3 Å². The summed E-state index contributed by atoms with van der Waals surface area (Å²) in [6.07, 6.45) is 2.61. The van der Waals surface area contributed by atoms with Crippen LogP contribution in [-0.2, 0) is 0 Å². The molecule has 19 heavy (non-hydrogen) atoms. The van der Waals surface area contributed by atoms with Gasteiger partial charge in [0, 0.05) is 15.8 Å². The Hall–Kier alpha value is -1.12. The molecule has 3 rings (SSSR count). The van der Waals surface area contributed by atoms with E-state index in [9.17, 15) is 0 Å². The number of nitrogens with two attached hydrogens (primary N) is 1. The SMILES string of the molecule is CC(C)c1cccc(-c2ccc(C(N)C3CC3)s2)c1. The highest BCUT2D eigenvalue weighted by Gasteiger charge is 2.30. The lowest BCUT2D eigenvalue weighted by atomic mass is 10.0. The molecule has 1 atom stereocenters. The van der Waals surface area contributed by atoms with Crippen molar-refractivity contribution >= 4 is 11.3 Å². The summed E-state index contributed by atoms with van der Waals surface area (Å²) in [6.45, 7) is 4.48. The lowest BCUT2D eigenvalue weighted by molar-refractivity contribution is 0.645. The van der Waals surface area contributed by atoms with Crippen LogP contribution in [0, 0.1) is 5.92 Å². The third-order valence-corrected chi connectivity index (χ3v) is 5.16. The standard InChI is InChI=1S/C17H21NS/c1-11(2)13-4-3-5-14(10-13)15-8-9-16(19-15)17(18)12-6-7-12/h3-5,8-12,17H,6-7,18H2,1-2H3. The van der Waals surface area contributed by atoms with Crippen LogP contribution in [0.4, 0.5) is 0 Å². The Kier molecular flexibility index (Phi) is 3.46. The van der Waals surface area contributed by atoms with Gasteiger partial charge in [0.1, 0.15) is 0 Å². The summed E-state index contributed by atoms with van der Waals surface area (Å²) in [6, 6.07) is 13.6. The maximum absolute atomic E-state index is 6.28. The highest BCUT2D eigenvalue weighted by Crippen LogP contribution is 2.42. The van der Waals surface area contributed by atoms with E-state index in [2.05, 4.69) is 50.2 Å². The predicted octanol–water partition coefficient (Wildman–Crippen LogP) is 4.95. The summed E-state index contributed by atoms with van der Waals surface area (Å²) >= 11 is 1.86. The quantitative estimate of drug-likeness (QED) is 0.836. The molecule has 1 heterocycles. The monoisotopic (exact) mass is 271 g/mol. The molecule has 0 saturated heterocycles. The van der Waals surface area contributed by atoms with E-state index in [-0.39, 0.29) is 6.04 Å². The second kappa shape index (κ2) is 5.10. The van der Waals surface area contributed by atoms with Crippen LogP contribution in [0.2, 0.25) is 0 Å². The summed E-state index contributed by atoms with van der Waals surface area (Å²) in [4.78, 5) is 2.68. The van der Waals surface area contributed by atoms with E-state index in [1.54, 1.807) is 0 Å². The maximum atomic E-state index is 6.28. The lowest BCUT2D eigenvalue weighted by Gasteiger charge is -2.08. The fourth-order valence-corrected chi connectivity index (χ4v) is 3.53. The van der Waals surface area contributed by atoms with Gasteiger partial charge in [0.2, 0.25) is 0 Å². The van der Waals surface area contributed by atoms with Crippen molar-refractivity contribution in [3.63, 3.8) is 0 Å². The Bertz CT molecular complexity index is 566. The van der Waals surface area contributed by atoms with Crippen LogP contribution in [0.3, 0.4) is 0 Å². The fourth-order valence-electron chi connectivity index (χ4n) is 2.43. The maximum Gasteiger partial charge on any atom is 0.0418 e. The summed E-state index contributed by atoms with van der Waals surface area (Å²) in [7, 11) is 0. The Morgan fingerprint density at radius 1 is 1.16 bits per heavy atom. The number of rotatable bonds is 4. The minimum atomic E-state index is 0.257. The first-order chi connectivity index (χ1) is 9.15. The van der Waals surface area contributed by atoms with Crippen LogP contribution >= 0.6 is 11.3 Å². The van der Waals surface area contributed by atoms with E-state index in [1.807, 2.05) is 11.3 Å². The van der Waals surface area contributed by atoms with Crippen LogP contribution in [0.15, 0.2) is 36.4 Å². The minimum absolute atomic E-state index is 0.257. The average molecular weight is 271 g/mol.